The number of hydrogen-bond acceptors (Lipinski definition) is 1. The summed E-state index contributed by atoms with van der Waals surface area (Å²) in [4.78, 5) is 10.6. The van der Waals surface area contributed by atoms with E-state index in [0.717, 1.165) is 12.8 Å². The third kappa shape index (κ3) is 3.37. The Morgan fingerprint density at radius 2 is 2.08 bits per heavy atom. The van der Waals surface area contributed by atoms with E-state index in [2.05, 4.69) is 20.8 Å². The Balaban J connectivity index is 2.52. The van der Waals surface area contributed by atoms with Gasteiger partial charge >= 0.3 is 5.97 Å². The van der Waals surface area contributed by atoms with E-state index in [9.17, 15) is 4.79 Å². The fourth-order valence-electron chi connectivity index (χ4n) is 2.95. The second-order valence-corrected chi connectivity index (χ2v) is 5.38. The minimum Gasteiger partial charge on any atom is -0.481 e. The standard InChI is InChI=1S/C11H20O2/c1-8-4-9(5-10(12)13)7-11(2,3)6-8/h8-9H,4-7H2,1-3H3,(H,12,13)/t8-,9+/m1/s1. The zero-order valence-corrected chi connectivity index (χ0v) is 8.84. The summed E-state index contributed by atoms with van der Waals surface area (Å²) in [6, 6.07) is 0. The minimum atomic E-state index is -0.644. The molecule has 1 fully saturated rings. The minimum absolute atomic E-state index is 0.345. The Morgan fingerprint density at radius 3 is 2.54 bits per heavy atom. The highest BCUT2D eigenvalue weighted by Gasteiger charge is 2.32. The van der Waals surface area contributed by atoms with Gasteiger partial charge in [0.1, 0.15) is 0 Å². The quantitative estimate of drug-likeness (QED) is 0.716. The molecule has 76 valence electrons. The van der Waals surface area contributed by atoms with Gasteiger partial charge in [0.15, 0.2) is 0 Å². The molecule has 0 aliphatic heterocycles. The van der Waals surface area contributed by atoms with E-state index in [1.807, 2.05) is 0 Å². The summed E-state index contributed by atoms with van der Waals surface area (Å²) in [5.41, 5.74) is 0.345. The largest absolute Gasteiger partial charge is 0.481 e. The molecule has 1 rings (SSSR count). The summed E-state index contributed by atoms with van der Waals surface area (Å²) in [7, 11) is 0. The lowest BCUT2D eigenvalue weighted by Crippen LogP contribution is -2.28. The van der Waals surface area contributed by atoms with Crippen LogP contribution in [0.5, 0.6) is 0 Å². The van der Waals surface area contributed by atoms with Crippen LogP contribution in [0.3, 0.4) is 0 Å². The van der Waals surface area contributed by atoms with E-state index in [1.54, 1.807) is 0 Å². The fraction of sp³-hybridized carbons (Fsp3) is 0.909. The predicted molar refractivity (Wildman–Crippen MR) is 52.5 cm³/mol. The fourth-order valence-corrected chi connectivity index (χ4v) is 2.95. The maximum absolute atomic E-state index is 10.6. The third-order valence-corrected chi connectivity index (χ3v) is 2.94. The summed E-state index contributed by atoms with van der Waals surface area (Å²) in [5.74, 6) is 0.444. The molecule has 13 heavy (non-hydrogen) atoms. The monoisotopic (exact) mass is 184 g/mol. The Labute approximate surface area is 80.3 Å². The highest BCUT2D eigenvalue weighted by molar-refractivity contribution is 5.67. The number of carboxylic acids is 1. The molecule has 0 radical (unpaired) electrons. The molecule has 2 atom stereocenters. The van der Waals surface area contributed by atoms with E-state index in [4.69, 9.17) is 5.11 Å². The molecule has 0 spiro atoms. The van der Waals surface area contributed by atoms with Gasteiger partial charge in [-0.25, -0.2) is 0 Å². The lowest BCUT2D eigenvalue weighted by Gasteiger charge is -2.38. The molecule has 2 nitrogen and oxygen atoms in total. The average Bonchev–Trinajstić information content (AvgIpc) is 1.78. The Hall–Kier alpha value is -0.530. The molecule has 1 aliphatic carbocycles. The summed E-state index contributed by atoms with van der Waals surface area (Å²) in [5, 5.41) is 8.72. The molecule has 0 unspecified atom stereocenters. The van der Waals surface area contributed by atoms with E-state index in [0.29, 0.717) is 23.7 Å². The van der Waals surface area contributed by atoms with Crippen LogP contribution >= 0.6 is 0 Å². The van der Waals surface area contributed by atoms with Gasteiger partial charge < -0.3 is 5.11 Å². The third-order valence-electron chi connectivity index (χ3n) is 2.94. The van der Waals surface area contributed by atoms with E-state index in [1.165, 1.54) is 6.42 Å². The first-order valence-electron chi connectivity index (χ1n) is 5.11. The Morgan fingerprint density at radius 1 is 1.46 bits per heavy atom. The Kier molecular flexibility index (Phi) is 2.99. The van der Waals surface area contributed by atoms with Crippen LogP contribution in [0.2, 0.25) is 0 Å². The summed E-state index contributed by atoms with van der Waals surface area (Å²) in [6.45, 7) is 6.73. The predicted octanol–water partition coefficient (Wildman–Crippen LogP) is 2.92. The maximum Gasteiger partial charge on any atom is 0.303 e. The van der Waals surface area contributed by atoms with Gasteiger partial charge in [0.2, 0.25) is 0 Å². The molecule has 0 heterocycles. The number of rotatable bonds is 2. The van der Waals surface area contributed by atoms with Crippen molar-refractivity contribution in [2.45, 2.75) is 46.5 Å². The van der Waals surface area contributed by atoms with Crippen molar-refractivity contribution in [1.82, 2.24) is 0 Å². The number of aliphatic carboxylic acids is 1. The van der Waals surface area contributed by atoms with Crippen molar-refractivity contribution in [3.8, 4) is 0 Å². The van der Waals surface area contributed by atoms with Crippen molar-refractivity contribution in [1.29, 1.82) is 0 Å². The van der Waals surface area contributed by atoms with Crippen LogP contribution < -0.4 is 0 Å². The SMILES string of the molecule is C[C@@H]1C[C@@H](CC(=O)O)CC(C)(C)C1. The molecule has 0 saturated heterocycles. The molecule has 0 aromatic rings. The van der Waals surface area contributed by atoms with Crippen molar-refractivity contribution >= 4 is 5.97 Å². The van der Waals surface area contributed by atoms with E-state index < -0.39 is 5.97 Å². The molecule has 1 saturated carbocycles. The van der Waals surface area contributed by atoms with Crippen molar-refractivity contribution in [3.05, 3.63) is 0 Å². The first-order valence-corrected chi connectivity index (χ1v) is 5.11. The first-order chi connectivity index (χ1) is 5.89. The van der Waals surface area contributed by atoms with Gasteiger partial charge in [-0.2, -0.15) is 0 Å². The van der Waals surface area contributed by atoms with E-state index in [-0.39, 0.29) is 0 Å². The molecule has 0 bridgehead atoms. The van der Waals surface area contributed by atoms with Crippen molar-refractivity contribution < 1.29 is 9.90 Å². The van der Waals surface area contributed by atoms with Crippen LogP contribution in [-0.2, 0) is 4.79 Å². The smallest absolute Gasteiger partial charge is 0.303 e. The maximum atomic E-state index is 10.6. The van der Waals surface area contributed by atoms with Gasteiger partial charge in [0, 0.05) is 6.42 Å². The van der Waals surface area contributed by atoms with Gasteiger partial charge in [-0.15, -0.1) is 0 Å². The van der Waals surface area contributed by atoms with Gasteiger partial charge in [0.25, 0.3) is 0 Å². The highest BCUT2D eigenvalue weighted by atomic mass is 16.4. The zero-order valence-electron chi connectivity index (χ0n) is 8.84. The molecule has 0 aromatic carbocycles. The van der Waals surface area contributed by atoms with Gasteiger partial charge in [-0.1, -0.05) is 20.8 Å². The second kappa shape index (κ2) is 3.69. The molecular weight excluding hydrogens is 164 g/mol. The van der Waals surface area contributed by atoms with Crippen LogP contribution in [0.15, 0.2) is 0 Å². The topological polar surface area (TPSA) is 37.3 Å². The molecule has 1 aliphatic rings. The van der Waals surface area contributed by atoms with Crippen LogP contribution in [0.25, 0.3) is 0 Å². The number of carboxylic acid groups (broad SMARTS) is 1. The van der Waals surface area contributed by atoms with Gasteiger partial charge in [0.05, 0.1) is 0 Å². The lowest BCUT2D eigenvalue weighted by atomic mass is 9.67. The number of hydrogen-bond donors (Lipinski definition) is 1. The Bertz CT molecular complexity index is 196. The molecule has 1 N–H and O–H groups in total. The first kappa shape index (κ1) is 10.6. The van der Waals surface area contributed by atoms with Gasteiger partial charge in [-0.05, 0) is 36.5 Å². The van der Waals surface area contributed by atoms with E-state index >= 15 is 0 Å². The molecule has 2 heteroatoms. The van der Waals surface area contributed by atoms with Crippen LogP contribution in [0.1, 0.15) is 46.5 Å². The second-order valence-electron chi connectivity index (χ2n) is 5.38. The van der Waals surface area contributed by atoms with Crippen molar-refractivity contribution in [3.63, 3.8) is 0 Å². The highest BCUT2D eigenvalue weighted by Crippen LogP contribution is 2.42. The molecule has 0 aromatic heterocycles. The number of carbonyl (C=O) groups is 1. The summed E-state index contributed by atoms with van der Waals surface area (Å²) in [6.07, 6.45) is 3.76. The van der Waals surface area contributed by atoms with Crippen LogP contribution in [-0.4, -0.2) is 11.1 Å². The van der Waals surface area contributed by atoms with Crippen molar-refractivity contribution in [2.75, 3.05) is 0 Å². The summed E-state index contributed by atoms with van der Waals surface area (Å²) >= 11 is 0. The molecular formula is C11H20O2. The molecule has 0 amide bonds. The van der Waals surface area contributed by atoms with Gasteiger partial charge in [-0.3, -0.25) is 4.79 Å². The summed E-state index contributed by atoms with van der Waals surface area (Å²) < 4.78 is 0. The van der Waals surface area contributed by atoms with Crippen LogP contribution in [0.4, 0.5) is 0 Å². The van der Waals surface area contributed by atoms with Crippen LogP contribution in [0, 0.1) is 17.3 Å². The van der Waals surface area contributed by atoms with Crippen molar-refractivity contribution in [2.24, 2.45) is 17.3 Å². The average molecular weight is 184 g/mol. The lowest BCUT2D eigenvalue weighted by molar-refractivity contribution is -0.138. The normalized spacial score (nSPS) is 32.8. The zero-order chi connectivity index (χ0) is 10.1.